The summed E-state index contributed by atoms with van der Waals surface area (Å²) in [5.74, 6) is 0.216. The molecule has 0 bridgehead atoms. The lowest BCUT2D eigenvalue weighted by molar-refractivity contribution is -0.128. The lowest BCUT2D eigenvalue weighted by Gasteiger charge is -2.19. The predicted molar refractivity (Wildman–Crippen MR) is 66.5 cm³/mol. The highest BCUT2D eigenvalue weighted by atomic mass is 16.2. The Morgan fingerprint density at radius 2 is 2.29 bits per heavy atom. The molecule has 5 heteroatoms. The van der Waals surface area contributed by atoms with Gasteiger partial charge in [0.25, 0.3) is 0 Å². The van der Waals surface area contributed by atoms with E-state index in [1.165, 1.54) is 0 Å². The van der Waals surface area contributed by atoms with Gasteiger partial charge in [0.2, 0.25) is 5.91 Å². The van der Waals surface area contributed by atoms with Crippen LogP contribution in [0.15, 0.2) is 0 Å². The van der Waals surface area contributed by atoms with Gasteiger partial charge in [-0.15, -0.1) is 0 Å². The fourth-order valence-electron chi connectivity index (χ4n) is 1.97. The molecule has 1 amide bonds. The number of carbonyl (C=O) groups is 2. The number of hydrogen-bond acceptors (Lipinski definition) is 4. The summed E-state index contributed by atoms with van der Waals surface area (Å²) in [7, 11) is 0. The zero-order chi connectivity index (χ0) is 12.8. The van der Waals surface area contributed by atoms with E-state index in [-0.39, 0.29) is 17.7 Å². The van der Waals surface area contributed by atoms with Crippen molar-refractivity contribution >= 4 is 11.7 Å². The summed E-state index contributed by atoms with van der Waals surface area (Å²) in [6.45, 7) is 5.21. The Labute approximate surface area is 103 Å². The van der Waals surface area contributed by atoms with Crippen LogP contribution in [0.3, 0.4) is 0 Å². The molecule has 0 radical (unpaired) electrons. The van der Waals surface area contributed by atoms with Crippen molar-refractivity contribution in [1.82, 2.24) is 10.6 Å². The van der Waals surface area contributed by atoms with E-state index in [4.69, 9.17) is 5.73 Å². The normalized spacial score (nSPS) is 23.3. The second kappa shape index (κ2) is 6.71. The van der Waals surface area contributed by atoms with Crippen LogP contribution in [0.1, 0.15) is 33.1 Å². The Hall–Kier alpha value is -0.940. The minimum atomic E-state index is -0.515. The molecular formula is C12H23N3O2. The molecule has 0 aliphatic carbocycles. The molecule has 1 aliphatic heterocycles. The van der Waals surface area contributed by atoms with Crippen LogP contribution >= 0.6 is 0 Å². The average Bonchev–Trinajstić information content (AvgIpc) is 2.43. The molecule has 17 heavy (non-hydrogen) atoms. The molecule has 1 heterocycles. The summed E-state index contributed by atoms with van der Waals surface area (Å²) < 4.78 is 0. The molecule has 0 saturated carbocycles. The van der Waals surface area contributed by atoms with Crippen LogP contribution in [-0.4, -0.2) is 36.9 Å². The lowest BCUT2D eigenvalue weighted by Crippen LogP contribution is -2.49. The SMILES string of the molecule is CC(C)C[C@H](N)C(=O)NC1CCCNCC1=O. The zero-order valence-corrected chi connectivity index (χ0v) is 10.7. The summed E-state index contributed by atoms with van der Waals surface area (Å²) in [4.78, 5) is 23.5. The first-order valence-electron chi connectivity index (χ1n) is 6.30. The molecule has 1 fully saturated rings. The summed E-state index contributed by atoms with van der Waals surface area (Å²) in [5, 5.41) is 5.79. The molecule has 98 valence electrons. The fourth-order valence-corrected chi connectivity index (χ4v) is 1.97. The molecule has 0 spiro atoms. The Bertz CT molecular complexity index is 279. The highest BCUT2D eigenvalue weighted by molar-refractivity contribution is 5.91. The van der Waals surface area contributed by atoms with E-state index in [9.17, 15) is 9.59 Å². The summed E-state index contributed by atoms with van der Waals surface area (Å²) in [6.07, 6.45) is 2.24. The van der Waals surface area contributed by atoms with Gasteiger partial charge >= 0.3 is 0 Å². The Morgan fingerprint density at radius 1 is 1.59 bits per heavy atom. The highest BCUT2D eigenvalue weighted by Gasteiger charge is 2.24. The molecule has 4 N–H and O–H groups in total. The Balaban J connectivity index is 2.45. The highest BCUT2D eigenvalue weighted by Crippen LogP contribution is 2.05. The van der Waals surface area contributed by atoms with Gasteiger partial charge in [-0.25, -0.2) is 0 Å². The summed E-state index contributed by atoms with van der Waals surface area (Å²) in [6, 6.07) is -0.880. The van der Waals surface area contributed by atoms with Gasteiger partial charge in [-0.05, 0) is 31.7 Å². The number of amides is 1. The molecule has 0 aromatic carbocycles. The van der Waals surface area contributed by atoms with E-state index in [1.54, 1.807) is 0 Å². The maximum atomic E-state index is 11.8. The predicted octanol–water partition coefficient (Wildman–Crippen LogP) is -0.203. The van der Waals surface area contributed by atoms with Crippen molar-refractivity contribution in [1.29, 1.82) is 0 Å². The molecule has 1 aliphatic rings. The second-order valence-corrected chi connectivity index (χ2v) is 5.08. The average molecular weight is 241 g/mol. The Morgan fingerprint density at radius 3 is 2.94 bits per heavy atom. The largest absolute Gasteiger partial charge is 0.345 e. The lowest BCUT2D eigenvalue weighted by atomic mass is 10.0. The molecular weight excluding hydrogens is 218 g/mol. The summed E-state index contributed by atoms with van der Waals surface area (Å²) >= 11 is 0. The number of nitrogens with one attached hydrogen (secondary N) is 2. The molecule has 0 aromatic heterocycles. The quantitative estimate of drug-likeness (QED) is 0.636. The first-order valence-corrected chi connectivity index (χ1v) is 6.30. The van der Waals surface area contributed by atoms with Crippen molar-refractivity contribution in [3.63, 3.8) is 0 Å². The van der Waals surface area contributed by atoms with Gasteiger partial charge in [0, 0.05) is 0 Å². The first kappa shape index (κ1) is 14.1. The third kappa shape index (κ3) is 4.83. The minimum Gasteiger partial charge on any atom is -0.345 e. The molecule has 5 nitrogen and oxygen atoms in total. The van der Waals surface area contributed by atoms with Crippen LogP contribution in [0.4, 0.5) is 0 Å². The van der Waals surface area contributed by atoms with Crippen LogP contribution in [0.5, 0.6) is 0 Å². The maximum absolute atomic E-state index is 11.8. The Kier molecular flexibility index (Phi) is 5.58. The van der Waals surface area contributed by atoms with E-state index in [0.29, 0.717) is 25.3 Å². The van der Waals surface area contributed by atoms with Gasteiger partial charge in [-0.3, -0.25) is 9.59 Å². The third-order valence-electron chi connectivity index (χ3n) is 2.91. The van der Waals surface area contributed by atoms with Gasteiger partial charge in [0.1, 0.15) is 0 Å². The molecule has 1 rings (SSSR count). The van der Waals surface area contributed by atoms with Crippen molar-refractivity contribution in [2.45, 2.75) is 45.2 Å². The van der Waals surface area contributed by atoms with Gasteiger partial charge in [0.15, 0.2) is 5.78 Å². The monoisotopic (exact) mass is 241 g/mol. The van der Waals surface area contributed by atoms with Crippen molar-refractivity contribution in [3.8, 4) is 0 Å². The minimum absolute atomic E-state index is 0.0487. The van der Waals surface area contributed by atoms with E-state index >= 15 is 0 Å². The zero-order valence-electron chi connectivity index (χ0n) is 10.7. The molecule has 2 atom stereocenters. The van der Waals surface area contributed by atoms with Gasteiger partial charge < -0.3 is 16.4 Å². The molecule has 1 saturated heterocycles. The van der Waals surface area contributed by atoms with Crippen LogP contribution in [0.25, 0.3) is 0 Å². The van der Waals surface area contributed by atoms with Crippen LogP contribution in [-0.2, 0) is 9.59 Å². The number of ketones is 1. The molecule has 1 unspecified atom stereocenters. The van der Waals surface area contributed by atoms with Gasteiger partial charge in [-0.2, -0.15) is 0 Å². The van der Waals surface area contributed by atoms with Crippen molar-refractivity contribution in [2.24, 2.45) is 11.7 Å². The number of hydrogen-bond donors (Lipinski definition) is 3. The first-order chi connectivity index (χ1) is 8.00. The topological polar surface area (TPSA) is 84.2 Å². The van der Waals surface area contributed by atoms with E-state index in [2.05, 4.69) is 10.6 Å². The number of nitrogens with two attached hydrogens (primary N) is 1. The van der Waals surface area contributed by atoms with Crippen LogP contribution in [0, 0.1) is 5.92 Å². The van der Waals surface area contributed by atoms with E-state index < -0.39 is 6.04 Å². The fraction of sp³-hybridized carbons (Fsp3) is 0.833. The van der Waals surface area contributed by atoms with Crippen molar-refractivity contribution in [2.75, 3.05) is 13.1 Å². The van der Waals surface area contributed by atoms with Crippen molar-refractivity contribution in [3.05, 3.63) is 0 Å². The smallest absolute Gasteiger partial charge is 0.237 e. The molecule has 0 aromatic rings. The van der Waals surface area contributed by atoms with E-state index in [0.717, 1.165) is 13.0 Å². The number of carbonyl (C=O) groups excluding carboxylic acids is 2. The third-order valence-corrected chi connectivity index (χ3v) is 2.91. The van der Waals surface area contributed by atoms with Crippen LogP contribution in [0.2, 0.25) is 0 Å². The number of Topliss-reactive ketones (excluding diaryl/α,β-unsaturated/α-hetero) is 1. The van der Waals surface area contributed by atoms with E-state index in [1.807, 2.05) is 13.8 Å². The summed E-state index contributed by atoms with van der Waals surface area (Å²) in [5.41, 5.74) is 5.78. The van der Waals surface area contributed by atoms with Crippen molar-refractivity contribution < 1.29 is 9.59 Å². The standard InChI is InChI=1S/C12H23N3O2/c1-8(2)6-9(13)12(17)15-10-4-3-5-14-7-11(10)16/h8-10,14H,3-7,13H2,1-2H3,(H,15,17)/t9-,10?/m0/s1. The number of rotatable bonds is 4. The second-order valence-electron chi connectivity index (χ2n) is 5.08. The van der Waals surface area contributed by atoms with Crippen LogP contribution < -0.4 is 16.4 Å². The van der Waals surface area contributed by atoms with Gasteiger partial charge in [-0.1, -0.05) is 13.8 Å². The maximum Gasteiger partial charge on any atom is 0.237 e. The van der Waals surface area contributed by atoms with Gasteiger partial charge in [0.05, 0.1) is 18.6 Å².